The Bertz CT molecular complexity index is 264. The Morgan fingerprint density at radius 1 is 1.21 bits per heavy atom. The summed E-state index contributed by atoms with van der Waals surface area (Å²) in [5.41, 5.74) is 1.45. The summed E-state index contributed by atoms with van der Waals surface area (Å²) in [5.74, 6) is 0. The highest BCUT2D eigenvalue weighted by Gasteiger charge is 2.27. The third-order valence-corrected chi connectivity index (χ3v) is 2.80. The molecule has 1 aromatic carbocycles. The van der Waals surface area contributed by atoms with E-state index in [0.29, 0.717) is 0 Å². The van der Waals surface area contributed by atoms with Crippen molar-refractivity contribution in [2.24, 2.45) is 0 Å². The zero-order valence-electron chi connectivity index (χ0n) is 8.95. The molecule has 0 bridgehead atoms. The fraction of sp³-hybridized carbons (Fsp3) is 0.538. The average Bonchev–Trinajstić information content (AvgIpc) is 3.02. The molecule has 76 valence electrons. The molecule has 0 unspecified atom stereocenters. The second-order valence-corrected chi connectivity index (χ2v) is 4.19. The first-order valence-corrected chi connectivity index (χ1v) is 5.68. The molecular weight excluding hydrogens is 170 g/mol. The molecule has 1 fully saturated rings. The highest BCUT2D eigenvalue weighted by atomic mass is 15.2. The van der Waals surface area contributed by atoms with Crippen molar-refractivity contribution in [2.45, 2.75) is 38.8 Å². The molecule has 1 heteroatoms. The van der Waals surface area contributed by atoms with Gasteiger partial charge in [0.1, 0.15) is 0 Å². The van der Waals surface area contributed by atoms with Gasteiger partial charge in [-0.1, -0.05) is 37.3 Å². The average molecular weight is 189 g/mol. The first-order valence-electron chi connectivity index (χ1n) is 5.68. The lowest BCUT2D eigenvalue weighted by Gasteiger charge is -2.21. The van der Waals surface area contributed by atoms with E-state index in [1.54, 1.807) is 0 Å². The van der Waals surface area contributed by atoms with E-state index >= 15 is 0 Å². The predicted molar refractivity (Wildman–Crippen MR) is 60.2 cm³/mol. The molecule has 0 radical (unpaired) electrons. The normalized spacial score (nSPS) is 16.1. The maximum Gasteiger partial charge on any atom is 0.0236 e. The zero-order valence-corrected chi connectivity index (χ0v) is 8.95. The van der Waals surface area contributed by atoms with Gasteiger partial charge in [0.2, 0.25) is 0 Å². The van der Waals surface area contributed by atoms with Gasteiger partial charge in [0, 0.05) is 12.6 Å². The Morgan fingerprint density at radius 2 is 1.93 bits per heavy atom. The number of hydrogen-bond donors (Lipinski definition) is 0. The molecule has 0 N–H and O–H groups in total. The van der Waals surface area contributed by atoms with Gasteiger partial charge in [0.25, 0.3) is 0 Å². The fourth-order valence-corrected chi connectivity index (χ4v) is 1.94. The molecule has 2 rings (SSSR count). The summed E-state index contributed by atoms with van der Waals surface area (Å²) in [5, 5.41) is 0. The van der Waals surface area contributed by atoms with Gasteiger partial charge in [0.05, 0.1) is 0 Å². The fourth-order valence-electron chi connectivity index (χ4n) is 1.94. The molecular formula is C13H19N. The minimum atomic E-state index is 0.884. The van der Waals surface area contributed by atoms with Crippen molar-refractivity contribution >= 4 is 0 Å². The van der Waals surface area contributed by atoms with Gasteiger partial charge in [-0.05, 0) is 31.4 Å². The van der Waals surface area contributed by atoms with E-state index in [2.05, 4.69) is 42.2 Å². The molecule has 0 aromatic heterocycles. The lowest BCUT2D eigenvalue weighted by atomic mass is 10.2. The molecule has 0 saturated heterocycles. The van der Waals surface area contributed by atoms with Gasteiger partial charge in [-0.25, -0.2) is 0 Å². The summed E-state index contributed by atoms with van der Waals surface area (Å²) < 4.78 is 0. The van der Waals surface area contributed by atoms with Crippen LogP contribution in [-0.4, -0.2) is 17.5 Å². The molecule has 1 saturated carbocycles. The van der Waals surface area contributed by atoms with Crippen molar-refractivity contribution in [2.75, 3.05) is 6.54 Å². The quantitative estimate of drug-likeness (QED) is 0.688. The van der Waals surface area contributed by atoms with Crippen LogP contribution >= 0.6 is 0 Å². The number of nitrogens with zero attached hydrogens (tertiary/aromatic N) is 1. The summed E-state index contributed by atoms with van der Waals surface area (Å²) in [6.45, 7) is 4.65. The second kappa shape index (κ2) is 4.61. The lowest BCUT2D eigenvalue weighted by molar-refractivity contribution is 0.255. The van der Waals surface area contributed by atoms with Crippen molar-refractivity contribution in [3.63, 3.8) is 0 Å². The van der Waals surface area contributed by atoms with Gasteiger partial charge < -0.3 is 0 Å². The Morgan fingerprint density at radius 3 is 2.50 bits per heavy atom. The van der Waals surface area contributed by atoms with Crippen LogP contribution in [0.25, 0.3) is 0 Å². The molecule has 0 heterocycles. The third-order valence-electron chi connectivity index (χ3n) is 2.80. The van der Waals surface area contributed by atoms with Crippen LogP contribution in [0.3, 0.4) is 0 Å². The monoisotopic (exact) mass is 189 g/mol. The minimum Gasteiger partial charge on any atom is -0.296 e. The van der Waals surface area contributed by atoms with Gasteiger partial charge in [-0.3, -0.25) is 4.90 Å². The van der Waals surface area contributed by atoms with Crippen LogP contribution < -0.4 is 0 Å². The Kier molecular flexibility index (Phi) is 3.20. The topological polar surface area (TPSA) is 3.24 Å². The van der Waals surface area contributed by atoms with Crippen LogP contribution in [0.2, 0.25) is 0 Å². The molecule has 0 aliphatic heterocycles. The van der Waals surface area contributed by atoms with E-state index < -0.39 is 0 Å². The van der Waals surface area contributed by atoms with Crippen molar-refractivity contribution in [1.29, 1.82) is 0 Å². The molecule has 1 aromatic rings. The summed E-state index contributed by atoms with van der Waals surface area (Å²) >= 11 is 0. The summed E-state index contributed by atoms with van der Waals surface area (Å²) in [6, 6.07) is 11.7. The number of benzene rings is 1. The van der Waals surface area contributed by atoms with Crippen LogP contribution in [0, 0.1) is 0 Å². The van der Waals surface area contributed by atoms with E-state index in [-0.39, 0.29) is 0 Å². The molecule has 0 spiro atoms. The van der Waals surface area contributed by atoms with Crippen LogP contribution in [0.4, 0.5) is 0 Å². The Balaban J connectivity index is 1.93. The maximum atomic E-state index is 2.62. The lowest BCUT2D eigenvalue weighted by Crippen LogP contribution is -2.26. The van der Waals surface area contributed by atoms with E-state index in [4.69, 9.17) is 0 Å². The van der Waals surface area contributed by atoms with E-state index in [9.17, 15) is 0 Å². The number of rotatable bonds is 5. The summed E-state index contributed by atoms with van der Waals surface area (Å²) in [6.07, 6.45) is 4.09. The summed E-state index contributed by atoms with van der Waals surface area (Å²) in [7, 11) is 0. The molecule has 0 atom stereocenters. The first-order chi connectivity index (χ1) is 6.90. The van der Waals surface area contributed by atoms with Crippen LogP contribution in [0.5, 0.6) is 0 Å². The van der Waals surface area contributed by atoms with Crippen molar-refractivity contribution in [3.8, 4) is 0 Å². The summed E-state index contributed by atoms with van der Waals surface area (Å²) in [4.78, 5) is 2.62. The highest BCUT2D eigenvalue weighted by molar-refractivity contribution is 5.14. The molecule has 1 nitrogen and oxygen atoms in total. The largest absolute Gasteiger partial charge is 0.296 e. The van der Waals surface area contributed by atoms with E-state index in [1.165, 1.54) is 31.4 Å². The van der Waals surface area contributed by atoms with E-state index in [0.717, 1.165) is 12.6 Å². The molecule has 0 amide bonds. The maximum absolute atomic E-state index is 2.62. The van der Waals surface area contributed by atoms with Crippen molar-refractivity contribution in [3.05, 3.63) is 35.9 Å². The molecule has 1 aliphatic rings. The van der Waals surface area contributed by atoms with Gasteiger partial charge in [-0.15, -0.1) is 0 Å². The smallest absolute Gasteiger partial charge is 0.0236 e. The highest BCUT2D eigenvalue weighted by Crippen LogP contribution is 2.28. The van der Waals surface area contributed by atoms with Crippen molar-refractivity contribution < 1.29 is 0 Å². The number of hydrogen-bond acceptors (Lipinski definition) is 1. The van der Waals surface area contributed by atoms with E-state index in [1.807, 2.05) is 0 Å². The minimum absolute atomic E-state index is 0.884. The van der Waals surface area contributed by atoms with Crippen LogP contribution in [0.1, 0.15) is 31.7 Å². The molecule has 14 heavy (non-hydrogen) atoms. The van der Waals surface area contributed by atoms with Crippen LogP contribution in [0.15, 0.2) is 30.3 Å². The predicted octanol–water partition coefficient (Wildman–Crippen LogP) is 3.06. The second-order valence-electron chi connectivity index (χ2n) is 4.19. The van der Waals surface area contributed by atoms with Gasteiger partial charge in [0.15, 0.2) is 0 Å². The van der Waals surface area contributed by atoms with Gasteiger partial charge >= 0.3 is 0 Å². The van der Waals surface area contributed by atoms with Crippen molar-refractivity contribution in [1.82, 2.24) is 4.90 Å². The molecule has 1 aliphatic carbocycles. The third kappa shape index (κ3) is 2.58. The van der Waals surface area contributed by atoms with Crippen LogP contribution in [-0.2, 0) is 6.54 Å². The first kappa shape index (κ1) is 9.72. The SMILES string of the molecule is CCCN(Cc1ccccc1)C1CC1. The Labute approximate surface area is 86.7 Å². The van der Waals surface area contributed by atoms with Gasteiger partial charge in [-0.2, -0.15) is 0 Å². The standard InChI is InChI=1S/C13H19N/c1-2-10-14(13-8-9-13)11-12-6-4-3-5-7-12/h3-7,13H,2,8-11H2,1H3. The zero-order chi connectivity index (χ0) is 9.80. The Hall–Kier alpha value is -0.820.